The standard InChI is InChI=1S/C17H24N4/c1-4-13(2)19-17-20-14(3)12-16(21-17)18-11-10-15-8-6-5-7-9-15/h5-9,12-13H,4,10-11H2,1-3H3,(H2,18,19,20,21). The summed E-state index contributed by atoms with van der Waals surface area (Å²) in [7, 11) is 0. The van der Waals surface area contributed by atoms with Gasteiger partial charge in [-0.2, -0.15) is 4.98 Å². The van der Waals surface area contributed by atoms with Crippen LogP contribution in [0.4, 0.5) is 11.8 Å². The molecule has 0 spiro atoms. The zero-order chi connectivity index (χ0) is 15.1. The molecule has 112 valence electrons. The zero-order valence-electron chi connectivity index (χ0n) is 13.1. The smallest absolute Gasteiger partial charge is 0.225 e. The van der Waals surface area contributed by atoms with E-state index in [0.717, 1.165) is 30.9 Å². The van der Waals surface area contributed by atoms with E-state index in [0.29, 0.717) is 12.0 Å². The first-order valence-electron chi connectivity index (χ1n) is 7.57. The number of nitrogens with zero attached hydrogens (tertiary/aromatic N) is 2. The van der Waals surface area contributed by atoms with Gasteiger partial charge in [-0.3, -0.25) is 0 Å². The molecule has 0 radical (unpaired) electrons. The first-order chi connectivity index (χ1) is 10.2. The van der Waals surface area contributed by atoms with Crippen molar-refractivity contribution >= 4 is 11.8 Å². The Morgan fingerprint density at radius 3 is 2.62 bits per heavy atom. The zero-order valence-corrected chi connectivity index (χ0v) is 13.1. The number of anilines is 2. The van der Waals surface area contributed by atoms with Gasteiger partial charge in [-0.1, -0.05) is 37.3 Å². The molecule has 2 N–H and O–H groups in total. The van der Waals surface area contributed by atoms with Gasteiger partial charge in [0.15, 0.2) is 0 Å². The number of benzene rings is 1. The summed E-state index contributed by atoms with van der Waals surface area (Å²) >= 11 is 0. The van der Waals surface area contributed by atoms with Crippen molar-refractivity contribution in [3.8, 4) is 0 Å². The van der Waals surface area contributed by atoms with E-state index in [4.69, 9.17) is 0 Å². The lowest BCUT2D eigenvalue weighted by Gasteiger charge is -2.13. The van der Waals surface area contributed by atoms with Crippen molar-refractivity contribution in [2.24, 2.45) is 0 Å². The molecule has 1 atom stereocenters. The SMILES string of the molecule is CCC(C)Nc1nc(C)cc(NCCc2ccccc2)n1. The summed E-state index contributed by atoms with van der Waals surface area (Å²) in [5.41, 5.74) is 2.30. The van der Waals surface area contributed by atoms with E-state index in [-0.39, 0.29) is 0 Å². The largest absolute Gasteiger partial charge is 0.370 e. The van der Waals surface area contributed by atoms with Crippen LogP contribution in [0.1, 0.15) is 31.5 Å². The Bertz CT molecular complexity index is 554. The van der Waals surface area contributed by atoms with E-state index in [1.165, 1.54) is 5.56 Å². The maximum Gasteiger partial charge on any atom is 0.225 e. The molecule has 0 saturated heterocycles. The van der Waals surface area contributed by atoms with Gasteiger partial charge in [0.25, 0.3) is 0 Å². The van der Waals surface area contributed by atoms with Gasteiger partial charge in [0, 0.05) is 24.3 Å². The van der Waals surface area contributed by atoms with Gasteiger partial charge in [-0.15, -0.1) is 0 Å². The lowest BCUT2D eigenvalue weighted by Crippen LogP contribution is -2.17. The molecular formula is C17H24N4. The summed E-state index contributed by atoms with van der Waals surface area (Å²) in [6.07, 6.45) is 2.03. The molecule has 0 aliphatic carbocycles. The molecule has 0 fully saturated rings. The van der Waals surface area contributed by atoms with Crippen LogP contribution in [0.3, 0.4) is 0 Å². The average Bonchev–Trinajstić information content (AvgIpc) is 2.47. The Balaban J connectivity index is 1.93. The third-order valence-electron chi connectivity index (χ3n) is 3.40. The van der Waals surface area contributed by atoms with Crippen LogP contribution in [0.25, 0.3) is 0 Å². The first kappa shape index (κ1) is 15.3. The topological polar surface area (TPSA) is 49.8 Å². The van der Waals surface area contributed by atoms with E-state index >= 15 is 0 Å². The predicted molar refractivity (Wildman–Crippen MR) is 88.8 cm³/mol. The fraction of sp³-hybridized carbons (Fsp3) is 0.412. The van der Waals surface area contributed by atoms with E-state index in [9.17, 15) is 0 Å². The molecule has 0 aliphatic heterocycles. The molecule has 1 aromatic carbocycles. The van der Waals surface area contributed by atoms with Crippen molar-refractivity contribution < 1.29 is 0 Å². The Kier molecular flexibility index (Phi) is 5.55. The van der Waals surface area contributed by atoms with Crippen molar-refractivity contribution in [3.05, 3.63) is 47.7 Å². The van der Waals surface area contributed by atoms with Crippen molar-refractivity contribution in [1.82, 2.24) is 9.97 Å². The fourth-order valence-corrected chi connectivity index (χ4v) is 2.03. The number of aromatic nitrogens is 2. The Morgan fingerprint density at radius 2 is 1.90 bits per heavy atom. The molecule has 0 saturated carbocycles. The quantitative estimate of drug-likeness (QED) is 0.815. The molecule has 2 rings (SSSR count). The third-order valence-corrected chi connectivity index (χ3v) is 3.40. The fourth-order valence-electron chi connectivity index (χ4n) is 2.03. The highest BCUT2D eigenvalue weighted by atomic mass is 15.1. The maximum absolute atomic E-state index is 4.52. The highest BCUT2D eigenvalue weighted by Crippen LogP contribution is 2.11. The average molecular weight is 284 g/mol. The summed E-state index contributed by atoms with van der Waals surface area (Å²) in [5.74, 6) is 1.58. The molecule has 0 bridgehead atoms. The molecule has 4 heteroatoms. The second kappa shape index (κ2) is 7.62. The van der Waals surface area contributed by atoms with Gasteiger partial charge in [0.05, 0.1) is 0 Å². The molecule has 1 aromatic heterocycles. The maximum atomic E-state index is 4.52. The minimum absolute atomic E-state index is 0.379. The van der Waals surface area contributed by atoms with Gasteiger partial charge in [0.1, 0.15) is 5.82 Å². The molecule has 0 aliphatic rings. The number of aryl methyl sites for hydroxylation is 1. The number of nitrogens with one attached hydrogen (secondary N) is 2. The van der Waals surface area contributed by atoms with Crippen LogP contribution >= 0.6 is 0 Å². The van der Waals surface area contributed by atoms with Crippen molar-refractivity contribution in [3.63, 3.8) is 0 Å². The Labute approximate surface area is 127 Å². The highest BCUT2D eigenvalue weighted by Gasteiger charge is 2.04. The van der Waals surface area contributed by atoms with Crippen LogP contribution in [-0.2, 0) is 6.42 Å². The molecule has 1 unspecified atom stereocenters. The second-order valence-corrected chi connectivity index (χ2v) is 5.33. The van der Waals surface area contributed by atoms with Crippen LogP contribution in [0.5, 0.6) is 0 Å². The number of hydrogen-bond acceptors (Lipinski definition) is 4. The van der Waals surface area contributed by atoms with Crippen LogP contribution in [0.15, 0.2) is 36.4 Å². The van der Waals surface area contributed by atoms with Gasteiger partial charge in [0.2, 0.25) is 5.95 Å². The minimum Gasteiger partial charge on any atom is -0.370 e. The molecule has 0 amide bonds. The van der Waals surface area contributed by atoms with Gasteiger partial charge in [-0.25, -0.2) is 4.98 Å². The number of rotatable bonds is 7. The summed E-state index contributed by atoms with van der Waals surface area (Å²) in [4.78, 5) is 8.95. The van der Waals surface area contributed by atoms with Crippen LogP contribution < -0.4 is 10.6 Å². The molecule has 21 heavy (non-hydrogen) atoms. The summed E-state index contributed by atoms with van der Waals surface area (Å²) in [6.45, 7) is 7.13. The van der Waals surface area contributed by atoms with E-state index < -0.39 is 0 Å². The molecular weight excluding hydrogens is 260 g/mol. The molecule has 2 aromatic rings. The van der Waals surface area contributed by atoms with E-state index in [1.807, 2.05) is 19.1 Å². The molecule has 4 nitrogen and oxygen atoms in total. The van der Waals surface area contributed by atoms with Crippen molar-refractivity contribution in [1.29, 1.82) is 0 Å². The normalized spacial score (nSPS) is 12.0. The molecule has 1 heterocycles. The van der Waals surface area contributed by atoms with Crippen LogP contribution in [0, 0.1) is 6.92 Å². The predicted octanol–water partition coefficient (Wildman–Crippen LogP) is 3.65. The summed E-state index contributed by atoms with van der Waals surface area (Å²) in [5, 5.41) is 6.69. The van der Waals surface area contributed by atoms with Gasteiger partial charge in [-0.05, 0) is 32.3 Å². The van der Waals surface area contributed by atoms with Crippen LogP contribution in [0.2, 0.25) is 0 Å². The van der Waals surface area contributed by atoms with Gasteiger partial charge >= 0.3 is 0 Å². The lowest BCUT2D eigenvalue weighted by atomic mass is 10.1. The summed E-state index contributed by atoms with van der Waals surface area (Å²) < 4.78 is 0. The highest BCUT2D eigenvalue weighted by molar-refractivity contribution is 5.42. The Hall–Kier alpha value is -2.10. The lowest BCUT2D eigenvalue weighted by molar-refractivity contribution is 0.751. The monoisotopic (exact) mass is 284 g/mol. The van der Waals surface area contributed by atoms with Crippen LogP contribution in [-0.4, -0.2) is 22.6 Å². The first-order valence-corrected chi connectivity index (χ1v) is 7.57. The van der Waals surface area contributed by atoms with Crippen molar-refractivity contribution in [2.45, 2.75) is 39.7 Å². The third kappa shape index (κ3) is 5.06. The second-order valence-electron chi connectivity index (χ2n) is 5.33. The van der Waals surface area contributed by atoms with E-state index in [2.05, 4.69) is 58.7 Å². The number of hydrogen-bond donors (Lipinski definition) is 2. The van der Waals surface area contributed by atoms with Gasteiger partial charge < -0.3 is 10.6 Å². The summed E-state index contributed by atoms with van der Waals surface area (Å²) in [6, 6.07) is 12.8. The van der Waals surface area contributed by atoms with Crippen molar-refractivity contribution in [2.75, 3.05) is 17.2 Å². The minimum atomic E-state index is 0.379. The van der Waals surface area contributed by atoms with E-state index in [1.54, 1.807) is 0 Å². The Morgan fingerprint density at radius 1 is 1.14 bits per heavy atom.